The van der Waals surface area contributed by atoms with Gasteiger partial charge in [0.05, 0.1) is 4.99 Å². The highest BCUT2D eigenvalue weighted by Gasteiger charge is 1.99. The Morgan fingerprint density at radius 2 is 1.67 bits per heavy atom. The van der Waals surface area contributed by atoms with E-state index < -0.39 is 0 Å². The lowest BCUT2D eigenvalue weighted by atomic mass is 10.1. The molecular formula is C16H16FNO2S. The van der Waals surface area contributed by atoms with Crippen molar-refractivity contribution in [2.24, 2.45) is 5.73 Å². The highest BCUT2D eigenvalue weighted by Crippen LogP contribution is 2.14. The zero-order valence-electron chi connectivity index (χ0n) is 11.4. The third kappa shape index (κ3) is 5.39. The molecule has 0 spiro atoms. The Bertz CT molecular complexity index is 601. The summed E-state index contributed by atoms with van der Waals surface area (Å²) < 4.78 is 23.9. The molecule has 0 atom stereocenters. The molecule has 0 fully saturated rings. The average Bonchev–Trinajstić information content (AvgIpc) is 2.45. The number of nitrogens with two attached hydrogens (primary N) is 1. The third-order valence-electron chi connectivity index (χ3n) is 2.72. The maximum absolute atomic E-state index is 12.9. The van der Waals surface area contributed by atoms with E-state index >= 15 is 0 Å². The normalized spacial score (nSPS) is 10.1. The first-order valence-electron chi connectivity index (χ1n) is 6.52. The molecule has 0 saturated carbocycles. The monoisotopic (exact) mass is 305 g/mol. The van der Waals surface area contributed by atoms with Gasteiger partial charge >= 0.3 is 0 Å². The fourth-order valence-electron chi connectivity index (χ4n) is 1.78. The minimum atomic E-state index is -0.318. The van der Waals surface area contributed by atoms with Gasteiger partial charge in [0, 0.05) is 12.5 Å². The number of thiocarbonyl (C=S) groups is 1. The summed E-state index contributed by atoms with van der Waals surface area (Å²) >= 11 is 4.85. The molecule has 5 heteroatoms. The quantitative estimate of drug-likeness (QED) is 0.630. The lowest BCUT2D eigenvalue weighted by molar-refractivity contribution is 0.216. The SMILES string of the molecule is NC(=S)Cc1ccc(OCCOc2cccc(F)c2)cc1. The zero-order valence-corrected chi connectivity index (χ0v) is 12.2. The van der Waals surface area contributed by atoms with Crippen LogP contribution in [0.5, 0.6) is 11.5 Å². The van der Waals surface area contributed by atoms with E-state index in [1.165, 1.54) is 12.1 Å². The van der Waals surface area contributed by atoms with E-state index in [1.54, 1.807) is 12.1 Å². The molecule has 0 amide bonds. The van der Waals surface area contributed by atoms with Gasteiger partial charge in [0.15, 0.2) is 0 Å². The van der Waals surface area contributed by atoms with Crippen molar-refractivity contribution in [3.63, 3.8) is 0 Å². The van der Waals surface area contributed by atoms with Crippen LogP contribution in [-0.2, 0) is 6.42 Å². The van der Waals surface area contributed by atoms with Gasteiger partial charge in [-0.3, -0.25) is 0 Å². The molecule has 0 aliphatic rings. The zero-order chi connectivity index (χ0) is 15.1. The van der Waals surface area contributed by atoms with Crippen molar-refractivity contribution < 1.29 is 13.9 Å². The molecule has 0 unspecified atom stereocenters. The summed E-state index contributed by atoms with van der Waals surface area (Å²) in [6.45, 7) is 0.725. The largest absolute Gasteiger partial charge is 0.490 e. The Kier molecular flexibility index (Phi) is 5.51. The predicted molar refractivity (Wildman–Crippen MR) is 84.3 cm³/mol. The lowest BCUT2D eigenvalue weighted by Crippen LogP contribution is -2.11. The molecular weight excluding hydrogens is 289 g/mol. The minimum Gasteiger partial charge on any atom is -0.490 e. The van der Waals surface area contributed by atoms with Crippen LogP contribution in [0.2, 0.25) is 0 Å². The van der Waals surface area contributed by atoms with Crippen molar-refractivity contribution in [1.82, 2.24) is 0 Å². The van der Waals surface area contributed by atoms with Gasteiger partial charge in [0.25, 0.3) is 0 Å². The van der Waals surface area contributed by atoms with Gasteiger partial charge in [-0.1, -0.05) is 30.4 Å². The van der Waals surface area contributed by atoms with Gasteiger partial charge in [-0.25, -0.2) is 4.39 Å². The van der Waals surface area contributed by atoms with Crippen LogP contribution in [0.15, 0.2) is 48.5 Å². The van der Waals surface area contributed by atoms with Crippen molar-refractivity contribution in [1.29, 1.82) is 0 Å². The molecule has 2 aromatic rings. The smallest absolute Gasteiger partial charge is 0.126 e. The van der Waals surface area contributed by atoms with Crippen LogP contribution in [-0.4, -0.2) is 18.2 Å². The van der Waals surface area contributed by atoms with Crippen molar-refractivity contribution in [3.8, 4) is 11.5 Å². The summed E-state index contributed by atoms with van der Waals surface area (Å²) in [4.78, 5) is 0.465. The number of ether oxygens (including phenoxy) is 2. The van der Waals surface area contributed by atoms with Crippen LogP contribution in [0.25, 0.3) is 0 Å². The van der Waals surface area contributed by atoms with Gasteiger partial charge in [-0.15, -0.1) is 0 Å². The molecule has 0 radical (unpaired) electrons. The minimum absolute atomic E-state index is 0.318. The van der Waals surface area contributed by atoms with Gasteiger partial charge in [-0.05, 0) is 29.8 Å². The highest BCUT2D eigenvalue weighted by molar-refractivity contribution is 7.80. The van der Waals surface area contributed by atoms with Crippen molar-refractivity contribution in [3.05, 3.63) is 59.9 Å². The first kappa shape index (κ1) is 15.3. The number of hydrogen-bond acceptors (Lipinski definition) is 3. The van der Waals surface area contributed by atoms with Gasteiger partial charge in [0.1, 0.15) is 30.5 Å². The van der Waals surface area contributed by atoms with Crippen molar-refractivity contribution in [2.45, 2.75) is 6.42 Å². The van der Waals surface area contributed by atoms with Gasteiger partial charge < -0.3 is 15.2 Å². The second kappa shape index (κ2) is 7.59. The van der Waals surface area contributed by atoms with Crippen LogP contribution in [0.3, 0.4) is 0 Å². The summed E-state index contributed by atoms with van der Waals surface area (Å²) in [5, 5.41) is 0. The first-order valence-corrected chi connectivity index (χ1v) is 6.93. The Labute approximate surface area is 128 Å². The Morgan fingerprint density at radius 3 is 2.29 bits per heavy atom. The van der Waals surface area contributed by atoms with E-state index in [2.05, 4.69) is 0 Å². The summed E-state index contributed by atoms with van der Waals surface area (Å²) in [7, 11) is 0. The Balaban J connectivity index is 1.74. The van der Waals surface area contributed by atoms with Crippen LogP contribution in [0, 0.1) is 5.82 Å². The fourth-order valence-corrected chi connectivity index (χ4v) is 1.95. The van der Waals surface area contributed by atoms with Crippen LogP contribution < -0.4 is 15.2 Å². The molecule has 2 aromatic carbocycles. The molecule has 3 nitrogen and oxygen atoms in total. The molecule has 0 saturated heterocycles. The predicted octanol–water partition coefficient (Wildman–Crippen LogP) is 3.11. The molecule has 0 bridgehead atoms. The molecule has 21 heavy (non-hydrogen) atoms. The lowest BCUT2D eigenvalue weighted by Gasteiger charge is -2.09. The van der Waals surface area contributed by atoms with Crippen LogP contribution >= 0.6 is 12.2 Å². The first-order chi connectivity index (χ1) is 10.1. The topological polar surface area (TPSA) is 44.5 Å². The highest BCUT2D eigenvalue weighted by atomic mass is 32.1. The number of benzene rings is 2. The van der Waals surface area contributed by atoms with E-state index in [0.717, 1.165) is 11.3 Å². The molecule has 0 aliphatic carbocycles. The number of rotatable bonds is 7. The molecule has 0 aliphatic heterocycles. The summed E-state index contributed by atoms with van der Waals surface area (Å²) in [6, 6.07) is 13.6. The van der Waals surface area contributed by atoms with Crippen molar-refractivity contribution in [2.75, 3.05) is 13.2 Å². The van der Waals surface area contributed by atoms with Crippen LogP contribution in [0.1, 0.15) is 5.56 Å². The van der Waals surface area contributed by atoms with Crippen molar-refractivity contribution >= 4 is 17.2 Å². The molecule has 110 valence electrons. The van der Waals surface area contributed by atoms with E-state index in [1.807, 2.05) is 24.3 Å². The summed E-state index contributed by atoms with van der Waals surface area (Å²) in [5.41, 5.74) is 6.53. The van der Waals surface area contributed by atoms with E-state index in [4.69, 9.17) is 27.4 Å². The number of hydrogen-bond donors (Lipinski definition) is 1. The number of halogens is 1. The second-order valence-electron chi connectivity index (χ2n) is 4.44. The molecule has 0 aromatic heterocycles. The Hall–Kier alpha value is -2.14. The fraction of sp³-hybridized carbons (Fsp3) is 0.188. The van der Waals surface area contributed by atoms with E-state index in [0.29, 0.717) is 30.4 Å². The standard InChI is InChI=1S/C16H16FNO2S/c17-13-2-1-3-15(11-13)20-9-8-19-14-6-4-12(5-7-14)10-16(18)21/h1-7,11H,8-10H2,(H2,18,21). The third-order valence-corrected chi connectivity index (χ3v) is 2.86. The Morgan fingerprint density at radius 1 is 1.00 bits per heavy atom. The summed E-state index contributed by atoms with van der Waals surface area (Å²) in [5.74, 6) is 0.914. The maximum Gasteiger partial charge on any atom is 0.126 e. The van der Waals surface area contributed by atoms with E-state index in [-0.39, 0.29) is 5.82 Å². The average molecular weight is 305 g/mol. The maximum atomic E-state index is 12.9. The second-order valence-corrected chi connectivity index (χ2v) is 4.97. The molecule has 2 rings (SSSR count). The van der Waals surface area contributed by atoms with E-state index in [9.17, 15) is 4.39 Å². The van der Waals surface area contributed by atoms with Gasteiger partial charge in [0.2, 0.25) is 0 Å². The summed E-state index contributed by atoms with van der Waals surface area (Å²) in [6.07, 6.45) is 0.582. The molecule has 0 heterocycles. The van der Waals surface area contributed by atoms with Crippen LogP contribution in [0.4, 0.5) is 4.39 Å². The molecule has 2 N–H and O–H groups in total. The van der Waals surface area contributed by atoms with Gasteiger partial charge in [-0.2, -0.15) is 0 Å².